The molecule has 1 fully saturated rings. The van der Waals surface area contributed by atoms with E-state index in [0.717, 1.165) is 50.6 Å². The summed E-state index contributed by atoms with van der Waals surface area (Å²) in [6, 6.07) is 21.0. The monoisotopic (exact) mass is 464 g/mol. The van der Waals surface area contributed by atoms with Crippen LogP contribution in [0.5, 0.6) is 0 Å². The second-order valence-corrected chi connectivity index (χ2v) is 9.45. The van der Waals surface area contributed by atoms with Crippen molar-refractivity contribution >= 4 is 28.4 Å². The van der Waals surface area contributed by atoms with Gasteiger partial charge in [-0.2, -0.15) is 5.26 Å². The zero-order chi connectivity index (χ0) is 23.0. The van der Waals surface area contributed by atoms with Gasteiger partial charge >= 0.3 is 0 Å². The Kier molecular flexibility index (Phi) is 5.21. The smallest absolute Gasteiger partial charge is 0.180 e. The van der Waals surface area contributed by atoms with Gasteiger partial charge in [0, 0.05) is 41.0 Å². The molecule has 5 aromatic rings. The van der Waals surface area contributed by atoms with Gasteiger partial charge in [-0.1, -0.05) is 23.9 Å². The SMILES string of the molecule is N#CC1(c2cccc(Sc3ccc4c(c3)ncc3nnc(-c5cccnc5)n34)c2)CCOCC1. The number of benzene rings is 2. The van der Waals surface area contributed by atoms with Crippen molar-refractivity contribution < 1.29 is 4.74 Å². The molecule has 0 atom stereocenters. The third-order valence-electron chi connectivity index (χ3n) is 6.30. The van der Waals surface area contributed by atoms with E-state index < -0.39 is 5.41 Å². The maximum absolute atomic E-state index is 9.93. The van der Waals surface area contributed by atoms with E-state index in [0.29, 0.717) is 18.9 Å². The highest BCUT2D eigenvalue weighted by Gasteiger charge is 2.34. The van der Waals surface area contributed by atoms with Gasteiger partial charge in [0.05, 0.1) is 28.7 Å². The lowest BCUT2D eigenvalue weighted by Gasteiger charge is -2.31. The summed E-state index contributed by atoms with van der Waals surface area (Å²) in [5.74, 6) is 0.738. The molecule has 0 aliphatic carbocycles. The minimum atomic E-state index is -0.470. The number of ether oxygens (including phenoxy) is 1. The highest BCUT2D eigenvalue weighted by atomic mass is 32.2. The summed E-state index contributed by atoms with van der Waals surface area (Å²) in [7, 11) is 0. The van der Waals surface area contributed by atoms with Gasteiger partial charge in [-0.05, 0) is 60.9 Å². The molecular formula is C26H20N6OS. The van der Waals surface area contributed by atoms with Crippen LogP contribution in [0, 0.1) is 11.3 Å². The Morgan fingerprint density at radius 2 is 1.85 bits per heavy atom. The molecule has 0 radical (unpaired) electrons. The first-order valence-corrected chi connectivity index (χ1v) is 11.9. The molecule has 0 saturated carbocycles. The van der Waals surface area contributed by atoms with Crippen LogP contribution >= 0.6 is 11.8 Å². The lowest BCUT2D eigenvalue weighted by atomic mass is 9.75. The Balaban J connectivity index is 1.36. The Bertz CT molecular complexity index is 1540. The van der Waals surface area contributed by atoms with Crippen LogP contribution in [0.3, 0.4) is 0 Å². The van der Waals surface area contributed by atoms with E-state index in [1.54, 1.807) is 30.4 Å². The second-order valence-electron chi connectivity index (χ2n) is 8.30. The predicted molar refractivity (Wildman–Crippen MR) is 129 cm³/mol. The quantitative estimate of drug-likeness (QED) is 0.367. The molecule has 8 heteroatoms. The van der Waals surface area contributed by atoms with Crippen LogP contribution in [-0.4, -0.2) is 37.8 Å². The summed E-state index contributed by atoms with van der Waals surface area (Å²) < 4.78 is 7.51. The molecule has 0 amide bonds. The van der Waals surface area contributed by atoms with Crippen molar-refractivity contribution in [1.82, 2.24) is 24.6 Å². The number of hydrogen-bond acceptors (Lipinski definition) is 7. The van der Waals surface area contributed by atoms with Crippen molar-refractivity contribution in [3.05, 3.63) is 78.8 Å². The van der Waals surface area contributed by atoms with E-state index in [2.05, 4.69) is 62.6 Å². The van der Waals surface area contributed by atoms with Gasteiger partial charge in [0.25, 0.3) is 0 Å². The van der Waals surface area contributed by atoms with Crippen LogP contribution in [0.1, 0.15) is 18.4 Å². The molecule has 7 nitrogen and oxygen atoms in total. The lowest BCUT2D eigenvalue weighted by molar-refractivity contribution is 0.0675. The van der Waals surface area contributed by atoms with Gasteiger partial charge in [-0.3, -0.25) is 14.4 Å². The van der Waals surface area contributed by atoms with Crippen LogP contribution in [-0.2, 0) is 10.2 Å². The number of aromatic nitrogens is 5. The third-order valence-corrected chi connectivity index (χ3v) is 7.28. The van der Waals surface area contributed by atoms with Crippen LogP contribution < -0.4 is 0 Å². The van der Waals surface area contributed by atoms with Crippen LogP contribution in [0.15, 0.2) is 83.0 Å². The molecule has 0 spiro atoms. The van der Waals surface area contributed by atoms with E-state index in [9.17, 15) is 5.26 Å². The van der Waals surface area contributed by atoms with Crippen molar-refractivity contribution in [3.63, 3.8) is 0 Å². The fourth-order valence-corrected chi connectivity index (χ4v) is 5.38. The van der Waals surface area contributed by atoms with Gasteiger partial charge in [-0.25, -0.2) is 0 Å². The number of pyridine rings is 1. The maximum atomic E-state index is 9.93. The molecule has 4 heterocycles. The number of nitriles is 1. The Morgan fingerprint density at radius 3 is 2.68 bits per heavy atom. The molecule has 1 aliphatic rings. The summed E-state index contributed by atoms with van der Waals surface area (Å²) in [5, 5.41) is 18.6. The Labute approximate surface area is 200 Å². The van der Waals surface area contributed by atoms with Crippen molar-refractivity contribution in [2.45, 2.75) is 28.0 Å². The lowest BCUT2D eigenvalue weighted by Crippen LogP contribution is -2.32. The summed E-state index contributed by atoms with van der Waals surface area (Å²) in [6.07, 6.45) is 6.72. The predicted octanol–water partition coefficient (Wildman–Crippen LogP) is 5.06. The highest BCUT2D eigenvalue weighted by Crippen LogP contribution is 2.37. The van der Waals surface area contributed by atoms with E-state index in [4.69, 9.17) is 4.74 Å². The molecule has 3 aromatic heterocycles. The van der Waals surface area contributed by atoms with Gasteiger partial charge < -0.3 is 4.74 Å². The normalized spacial score (nSPS) is 15.4. The van der Waals surface area contributed by atoms with E-state index in [1.165, 1.54) is 0 Å². The first kappa shape index (κ1) is 20.8. The summed E-state index contributed by atoms with van der Waals surface area (Å²) in [5.41, 5.74) is 3.98. The fourth-order valence-electron chi connectivity index (χ4n) is 4.46. The van der Waals surface area contributed by atoms with E-state index in [1.807, 2.05) is 22.6 Å². The first-order chi connectivity index (χ1) is 16.8. The Morgan fingerprint density at radius 1 is 0.971 bits per heavy atom. The average Bonchev–Trinajstić information content (AvgIpc) is 3.34. The molecule has 34 heavy (non-hydrogen) atoms. The van der Waals surface area contributed by atoms with Crippen LogP contribution in [0.2, 0.25) is 0 Å². The van der Waals surface area contributed by atoms with Crippen molar-refractivity contribution in [1.29, 1.82) is 5.26 Å². The third kappa shape index (κ3) is 3.59. The van der Waals surface area contributed by atoms with Crippen molar-refractivity contribution in [2.75, 3.05) is 13.2 Å². The van der Waals surface area contributed by atoms with Gasteiger partial charge in [0.2, 0.25) is 0 Å². The molecule has 2 aromatic carbocycles. The number of nitrogens with zero attached hydrogens (tertiary/aromatic N) is 6. The van der Waals surface area contributed by atoms with Gasteiger partial charge in [0.1, 0.15) is 0 Å². The second kappa shape index (κ2) is 8.52. The van der Waals surface area contributed by atoms with Gasteiger partial charge in [-0.15, -0.1) is 10.2 Å². The van der Waals surface area contributed by atoms with Crippen LogP contribution in [0.4, 0.5) is 0 Å². The standard InChI is InChI=1S/C26H20N6OS/c27-17-26(8-11-33-12-9-26)19-4-1-5-20(13-19)34-21-6-7-23-22(14-21)29-16-24-30-31-25(32(23)24)18-3-2-10-28-15-18/h1-7,10,13-16H,8-9,11-12H2. The zero-order valence-electron chi connectivity index (χ0n) is 18.3. The topological polar surface area (TPSA) is 89.0 Å². The molecule has 0 N–H and O–H groups in total. The van der Waals surface area contributed by atoms with Crippen molar-refractivity contribution in [3.8, 4) is 17.5 Å². The molecule has 166 valence electrons. The number of rotatable bonds is 4. The molecule has 6 rings (SSSR count). The molecule has 0 unspecified atom stereocenters. The van der Waals surface area contributed by atoms with E-state index in [-0.39, 0.29) is 0 Å². The fraction of sp³-hybridized carbons (Fsp3) is 0.192. The zero-order valence-corrected chi connectivity index (χ0v) is 19.1. The number of hydrogen-bond donors (Lipinski definition) is 0. The van der Waals surface area contributed by atoms with Crippen LogP contribution in [0.25, 0.3) is 28.1 Å². The molecule has 0 bridgehead atoms. The molecule has 1 saturated heterocycles. The van der Waals surface area contributed by atoms with E-state index >= 15 is 0 Å². The minimum Gasteiger partial charge on any atom is -0.381 e. The number of fused-ring (bicyclic) bond motifs is 3. The van der Waals surface area contributed by atoms with Crippen molar-refractivity contribution in [2.24, 2.45) is 0 Å². The molecular weight excluding hydrogens is 444 g/mol. The average molecular weight is 465 g/mol. The molecule has 1 aliphatic heterocycles. The minimum absolute atomic E-state index is 0.470. The Hall–Kier alpha value is -3.80. The maximum Gasteiger partial charge on any atom is 0.180 e. The summed E-state index contributed by atoms with van der Waals surface area (Å²) >= 11 is 1.67. The van der Waals surface area contributed by atoms with Gasteiger partial charge in [0.15, 0.2) is 11.5 Å². The largest absolute Gasteiger partial charge is 0.381 e. The summed E-state index contributed by atoms with van der Waals surface area (Å²) in [6.45, 7) is 1.25. The summed E-state index contributed by atoms with van der Waals surface area (Å²) in [4.78, 5) is 11.0. The first-order valence-electron chi connectivity index (χ1n) is 11.1. The highest BCUT2D eigenvalue weighted by molar-refractivity contribution is 7.99.